The Balaban J connectivity index is 3.03. The normalized spacial score (nSPS) is 11.9. The van der Waals surface area contributed by atoms with Crippen molar-refractivity contribution in [2.45, 2.75) is 6.04 Å². The SMILES string of the molecule is C#CCNC(CN)c1c(Cl)cccc1OC. The predicted molar refractivity (Wildman–Crippen MR) is 66.6 cm³/mol. The lowest BCUT2D eigenvalue weighted by atomic mass is 10.1. The smallest absolute Gasteiger partial charge is 0.125 e. The highest BCUT2D eigenvalue weighted by atomic mass is 35.5. The van der Waals surface area contributed by atoms with Crippen molar-refractivity contribution in [3.63, 3.8) is 0 Å². The Morgan fingerprint density at radius 2 is 2.38 bits per heavy atom. The first-order valence-electron chi connectivity index (χ1n) is 4.94. The van der Waals surface area contributed by atoms with Crippen molar-refractivity contribution in [3.8, 4) is 18.1 Å². The molecule has 0 spiro atoms. The number of benzene rings is 1. The van der Waals surface area contributed by atoms with Crippen molar-refractivity contribution in [2.75, 3.05) is 20.2 Å². The first-order chi connectivity index (χ1) is 7.74. The maximum absolute atomic E-state index is 6.13. The van der Waals surface area contributed by atoms with E-state index in [9.17, 15) is 0 Å². The van der Waals surface area contributed by atoms with Gasteiger partial charge in [-0.2, -0.15) is 0 Å². The molecule has 0 heterocycles. The van der Waals surface area contributed by atoms with E-state index in [2.05, 4.69) is 11.2 Å². The van der Waals surface area contributed by atoms with Crippen LogP contribution in [0, 0.1) is 12.3 Å². The van der Waals surface area contributed by atoms with E-state index in [1.165, 1.54) is 0 Å². The molecule has 3 N–H and O–H groups in total. The highest BCUT2D eigenvalue weighted by molar-refractivity contribution is 6.31. The molecule has 0 aromatic heterocycles. The summed E-state index contributed by atoms with van der Waals surface area (Å²) in [6, 6.07) is 5.39. The van der Waals surface area contributed by atoms with Gasteiger partial charge in [-0.25, -0.2) is 0 Å². The maximum atomic E-state index is 6.13. The minimum Gasteiger partial charge on any atom is -0.496 e. The zero-order chi connectivity index (χ0) is 12.0. The standard InChI is InChI=1S/C12H15ClN2O/c1-3-7-15-10(8-14)12-9(13)5-4-6-11(12)16-2/h1,4-6,10,15H,7-8,14H2,2H3. The summed E-state index contributed by atoms with van der Waals surface area (Å²) in [6.07, 6.45) is 5.20. The Hall–Kier alpha value is -1.21. The van der Waals surface area contributed by atoms with Crippen LogP contribution in [0.15, 0.2) is 18.2 Å². The lowest BCUT2D eigenvalue weighted by molar-refractivity contribution is 0.401. The molecule has 1 atom stereocenters. The van der Waals surface area contributed by atoms with Gasteiger partial charge in [-0.1, -0.05) is 23.6 Å². The Morgan fingerprint density at radius 1 is 1.62 bits per heavy atom. The fraction of sp³-hybridized carbons (Fsp3) is 0.333. The second-order valence-corrected chi connectivity index (χ2v) is 3.64. The Morgan fingerprint density at radius 3 is 2.94 bits per heavy atom. The zero-order valence-corrected chi connectivity index (χ0v) is 9.92. The van der Waals surface area contributed by atoms with E-state index in [4.69, 9.17) is 28.5 Å². The number of halogens is 1. The molecule has 4 heteroatoms. The van der Waals surface area contributed by atoms with Gasteiger partial charge in [0.15, 0.2) is 0 Å². The molecule has 1 aromatic rings. The van der Waals surface area contributed by atoms with E-state index < -0.39 is 0 Å². The molecule has 0 radical (unpaired) electrons. The second-order valence-electron chi connectivity index (χ2n) is 3.23. The van der Waals surface area contributed by atoms with Crippen molar-refractivity contribution < 1.29 is 4.74 Å². The minimum absolute atomic E-state index is 0.0975. The molecule has 0 saturated heterocycles. The summed E-state index contributed by atoms with van der Waals surface area (Å²) >= 11 is 6.13. The highest BCUT2D eigenvalue weighted by Crippen LogP contribution is 2.31. The van der Waals surface area contributed by atoms with E-state index in [-0.39, 0.29) is 6.04 Å². The summed E-state index contributed by atoms with van der Waals surface area (Å²) in [4.78, 5) is 0. The maximum Gasteiger partial charge on any atom is 0.125 e. The molecule has 0 bridgehead atoms. The summed E-state index contributed by atoms with van der Waals surface area (Å²) < 4.78 is 5.26. The van der Waals surface area contributed by atoms with Crippen LogP contribution in [0.3, 0.4) is 0 Å². The fourth-order valence-electron chi connectivity index (χ4n) is 1.52. The van der Waals surface area contributed by atoms with Crippen molar-refractivity contribution >= 4 is 11.6 Å². The quantitative estimate of drug-likeness (QED) is 0.766. The van der Waals surface area contributed by atoms with Gasteiger partial charge in [0.05, 0.1) is 19.7 Å². The first-order valence-corrected chi connectivity index (χ1v) is 5.31. The third-order valence-corrected chi connectivity index (χ3v) is 2.60. The number of nitrogens with one attached hydrogen (secondary N) is 1. The van der Waals surface area contributed by atoms with E-state index >= 15 is 0 Å². The lowest BCUT2D eigenvalue weighted by Gasteiger charge is -2.19. The van der Waals surface area contributed by atoms with Crippen molar-refractivity contribution in [1.82, 2.24) is 5.32 Å². The van der Waals surface area contributed by atoms with Crippen LogP contribution in [0.2, 0.25) is 5.02 Å². The summed E-state index contributed by atoms with van der Waals surface area (Å²) in [6.45, 7) is 0.845. The highest BCUT2D eigenvalue weighted by Gasteiger charge is 2.17. The summed E-state index contributed by atoms with van der Waals surface area (Å²) in [5.41, 5.74) is 6.54. The van der Waals surface area contributed by atoms with Crippen LogP contribution in [0.4, 0.5) is 0 Å². The number of terminal acetylenes is 1. The number of nitrogens with two attached hydrogens (primary N) is 1. The average Bonchev–Trinajstić information content (AvgIpc) is 2.31. The van der Waals surface area contributed by atoms with Crippen LogP contribution >= 0.6 is 11.6 Å². The van der Waals surface area contributed by atoms with Crippen LogP contribution in [0.5, 0.6) is 5.75 Å². The number of hydrogen-bond acceptors (Lipinski definition) is 3. The minimum atomic E-state index is -0.0975. The molecule has 0 amide bonds. The predicted octanol–water partition coefficient (Wildman–Crippen LogP) is 1.57. The Labute approximate surface area is 101 Å². The van der Waals surface area contributed by atoms with Gasteiger partial charge in [0.1, 0.15) is 5.75 Å². The van der Waals surface area contributed by atoms with Crippen molar-refractivity contribution in [3.05, 3.63) is 28.8 Å². The third-order valence-electron chi connectivity index (χ3n) is 2.27. The zero-order valence-electron chi connectivity index (χ0n) is 9.16. The van der Waals surface area contributed by atoms with Crippen LogP contribution in [0.1, 0.15) is 11.6 Å². The molecule has 0 saturated carbocycles. The monoisotopic (exact) mass is 238 g/mol. The van der Waals surface area contributed by atoms with Crippen LogP contribution in [-0.4, -0.2) is 20.2 Å². The number of ether oxygens (including phenoxy) is 1. The molecule has 0 aliphatic heterocycles. The third kappa shape index (κ3) is 2.89. The number of methoxy groups -OCH3 is 1. The van der Waals surface area contributed by atoms with E-state index in [0.29, 0.717) is 23.9 Å². The van der Waals surface area contributed by atoms with Crippen LogP contribution in [-0.2, 0) is 0 Å². The molecular formula is C12H15ClN2O. The van der Waals surface area contributed by atoms with Gasteiger partial charge in [-0.15, -0.1) is 6.42 Å². The molecule has 0 aliphatic rings. The van der Waals surface area contributed by atoms with Crippen LogP contribution < -0.4 is 15.8 Å². The van der Waals surface area contributed by atoms with Gasteiger partial charge in [0.25, 0.3) is 0 Å². The topological polar surface area (TPSA) is 47.3 Å². The molecule has 0 fully saturated rings. The summed E-state index contributed by atoms with van der Waals surface area (Å²) in [7, 11) is 1.60. The Kier molecular flexibility index (Phi) is 5.13. The van der Waals surface area contributed by atoms with E-state index in [1.54, 1.807) is 13.2 Å². The molecule has 86 valence electrons. The summed E-state index contributed by atoms with van der Waals surface area (Å²) in [5, 5.41) is 3.75. The molecule has 3 nitrogen and oxygen atoms in total. The first kappa shape index (κ1) is 12.9. The van der Waals surface area contributed by atoms with Gasteiger partial charge in [-0.05, 0) is 12.1 Å². The molecular weight excluding hydrogens is 224 g/mol. The largest absolute Gasteiger partial charge is 0.496 e. The fourth-order valence-corrected chi connectivity index (χ4v) is 1.82. The van der Waals surface area contributed by atoms with Gasteiger partial charge in [0, 0.05) is 17.1 Å². The number of rotatable bonds is 5. The van der Waals surface area contributed by atoms with Gasteiger partial charge >= 0.3 is 0 Å². The number of hydrogen-bond donors (Lipinski definition) is 2. The molecule has 1 aromatic carbocycles. The second kappa shape index (κ2) is 6.39. The Bertz CT molecular complexity index is 387. The van der Waals surface area contributed by atoms with Gasteiger partial charge in [0.2, 0.25) is 0 Å². The lowest BCUT2D eigenvalue weighted by Crippen LogP contribution is -2.29. The van der Waals surface area contributed by atoms with E-state index in [1.807, 2.05) is 12.1 Å². The molecule has 1 rings (SSSR count). The average molecular weight is 239 g/mol. The molecule has 0 aliphatic carbocycles. The van der Waals surface area contributed by atoms with Gasteiger partial charge < -0.3 is 10.5 Å². The van der Waals surface area contributed by atoms with Crippen LogP contribution in [0.25, 0.3) is 0 Å². The summed E-state index contributed by atoms with van der Waals surface area (Å²) in [5.74, 6) is 3.22. The van der Waals surface area contributed by atoms with Crippen molar-refractivity contribution in [2.24, 2.45) is 5.73 Å². The van der Waals surface area contributed by atoms with E-state index in [0.717, 1.165) is 5.56 Å². The molecule has 16 heavy (non-hydrogen) atoms. The molecule has 1 unspecified atom stereocenters. The van der Waals surface area contributed by atoms with Gasteiger partial charge in [-0.3, -0.25) is 5.32 Å². The van der Waals surface area contributed by atoms with Crippen molar-refractivity contribution in [1.29, 1.82) is 0 Å².